The molecule has 2 heteroatoms. The Morgan fingerprint density at radius 1 is 1.38 bits per heavy atom. The van der Waals surface area contributed by atoms with Crippen LogP contribution in [-0.2, 0) is 0 Å². The summed E-state index contributed by atoms with van der Waals surface area (Å²) in [5.74, 6) is 0.342. The summed E-state index contributed by atoms with van der Waals surface area (Å²) >= 11 is 0. The van der Waals surface area contributed by atoms with Crippen LogP contribution < -0.4 is 0 Å². The van der Waals surface area contributed by atoms with Crippen LogP contribution in [0.15, 0.2) is 18.4 Å². The second kappa shape index (κ2) is 9.65. The molecule has 0 aliphatic rings. The molecule has 94 valence electrons. The molecule has 3 unspecified atom stereocenters. The molecular weight excluding hydrogens is 200 g/mol. The molecule has 0 radical (unpaired) electrons. The molecule has 2 nitrogen and oxygen atoms in total. The fourth-order valence-corrected chi connectivity index (χ4v) is 1.90. The molecule has 16 heavy (non-hydrogen) atoms. The lowest BCUT2D eigenvalue weighted by molar-refractivity contribution is 0.111. The van der Waals surface area contributed by atoms with Gasteiger partial charge in [-0.3, -0.25) is 0 Å². The maximum absolute atomic E-state index is 9.83. The molecule has 0 amide bonds. The Bertz CT molecular complexity index is 207. The van der Waals surface area contributed by atoms with Crippen LogP contribution in [-0.4, -0.2) is 22.9 Å². The van der Waals surface area contributed by atoms with Crippen LogP contribution in [0.2, 0.25) is 0 Å². The molecule has 0 fully saturated rings. The third-order valence-electron chi connectivity index (χ3n) is 3.06. The van der Waals surface area contributed by atoms with E-state index in [2.05, 4.69) is 26.2 Å². The van der Waals surface area contributed by atoms with Crippen molar-refractivity contribution < 1.29 is 10.2 Å². The van der Waals surface area contributed by atoms with Crippen LogP contribution in [0.5, 0.6) is 0 Å². The van der Waals surface area contributed by atoms with Crippen molar-refractivity contribution in [3.63, 3.8) is 0 Å². The molecule has 0 saturated heterocycles. The van der Waals surface area contributed by atoms with Gasteiger partial charge in [0.05, 0.1) is 12.7 Å². The average Bonchev–Trinajstić information content (AvgIpc) is 2.26. The van der Waals surface area contributed by atoms with E-state index in [1.807, 2.05) is 0 Å². The highest BCUT2D eigenvalue weighted by Gasteiger charge is 2.17. The Morgan fingerprint density at radius 2 is 2.06 bits per heavy atom. The van der Waals surface area contributed by atoms with Crippen LogP contribution in [0.1, 0.15) is 46.0 Å². The number of aliphatic hydroxyl groups excluding tert-OH is 2. The van der Waals surface area contributed by atoms with Gasteiger partial charge in [-0.25, -0.2) is 0 Å². The molecule has 0 aromatic rings. The largest absolute Gasteiger partial charge is 0.396 e. The van der Waals surface area contributed by atoms with Crippen molar-refractivity contribution in [3.05, 3.63) is 18.4 Å². The first-order valence-corrected chi connectivity index (χ1v) is 6.30. The highest BCUT2D eigenvalue weighted by molar-refractivity contribution is 4.87. The van der Waals surface area contributed by atoms with Gasteiger partial charge in [-0.1, -0.05) is 39.7 Å². The smallest absolute Gasteiger partial charge is 0.0543 e. The Morgan fingerprint density at radius 3 is 2.56 bits per heavy atom. The van der Waals surface area contributed by atoms with Crippen molar-refractivity contribution in [2.75, 3.05) is 6.61 Å². The Labute approximate surface area is 99.7 Å². The minimum Gasteiger partial charge on any atom is -0.396 e. The van der Waals surface area contributed by atoms with E-state index >= 15 is 0 Å². The number of hydrogen-bond donors (Lipinski definition) is 2. The molecule has 0 heterocycles. The van der Waals surface area contributed by atoms with E-state index in [4.69, 9.17) is 0 Å². The van der Waals surface area contributed by atoms with E-state index in [1.54, 1.807) is 6.08 Å². The van der Waals surface area contributed by atoms with Gasteiger partial charge in [0.15, 0.2) is 0 Å². The zero-order valence-electron chi connectivity index (χ0n) is 10.7. The number of hydrogen-bond acceptors (Lipinski definition) is 2. The first-order valence-electron chi connectivity index (χ1n) is 6.30. The second-order valence-electron chi connectivity index (χ2n) is 4.58. The normalized spacial score (nSPS) is 16.2. The molecular formula is C14H26O2. The van der Waals surface area contributed by atoms with Crippen molar-refractivity contribution >= 4 is 0 Å². The summed E-state index contributed by atoms with van der Waals surface area (Å²) in [6, 6.07) is 0. The Kier molecular flexibility index (Phi) is 9.31. The highest BCUT2D eigenvalue weighted by atomic mass is 16.3. The average molecular weight is 226 g/mol. The molecule has 0 spiro atoms. The van der Waals surface area contributed by atoms with Gasteiger partial charge >= 0.3 is 0 Å². The SMILES string of the molecule is C=C=CC(CO)C(C)CC(O)CCCCC. The first-order chi connectivity index (χ1) is 7.65. The predicted molar refractivity (Wildman–Crippen MR) is 68.2 cm³/mol. The van der Waals surface area contributed by atoms with Gasteiger partial charge in [-0.05, 0) is 24.8 Å². The van der Waals surface area contributed by atoms with Crippen LogP contribution in [0.4, 0.5) is 0 Å². The van der Waals surface area contributed by atoms with Crippen LogP contribution >= 0.6 is 0 Å². The monoisotopic (exact) mass is 226 g/mol. The minimum atomic E-state index is -0.242. The van der Waals surface area contributed by atoms with E-state index in [0.717, 1.165) is 19.3 Å². The van der Waals surface area contributed by atoms with Crippen LogP contribution in [0.25, 0.3) is 0 Å². The van der Waals surface area contributed by atoms with Crippen LogP contribution in [0, 0.1) is 11.8 Å². The van der Waals surface area contributed by atoms with E-state index in [-0.39, 0.29) is 24.5 Å². The third kappa shape index (κ3) is 6.84. The lowest BCUT2D eigenvalue weighted by atomic mass is 9.88. The molecule has 3 atom stereocenters. The molecule has 0 saturated carbocycles. The standard InChI is InChI=1S/C14H26O2/c1-4-6-7-9-14(16)10-12(3)13(11-15)8-5-2/h8,12-16H,2,4,6-7,9-11H2,1,3H3. The molecule has 0 aliphatic carbocycles. The molecule has 0 aromatic heterocycles. The lowest BCUT2D eigenvalue weighted by Crippen LogP contribution is -2.19. The van der Waals surface area contributed by atoms with Gasteiger partial charge in [0.25, 0.3) is 0 Å². The van der Waals surface area contributed by atoms with Crippen molar-refractivity contribution in [1.29, 1.82) is 0 Å². The van der Waals surface area contributed by atoms with Crippen LogP contribution in [0.3, 0.4) is 0 Å². The summed E-state index contributed by atoms with van der Waals surface area (Å²) in [5, 5.41) is 19.0. The predicted octanol–water partition coefficient (Wildman–Crippen LogP) is 2.90. The van der Waals surface area contributed by atoms with Crippen molar-refractivity contribution in [2.45, 2.75) is 52.1 Å². The van der Waals surface area contributed by atoms with E-state index in [0.29, 0.717) is 0 Å². The lowest BCUT2D eigenvalue weighted by Gasteiger charge is -2.21. The summed E-state index contributed by atoms with van der Waals surface area (Å²) in [6.07, 6.45) is 6.62. The maximum atomic E-state index is 9.83. The van der Waals surface area contributed by atoms with E-state index in [9.17, 15) is 10.2 Å². The topological polar surface area (TPSA) is 40.5 Å². The number of rotatable bonds is 9. The fraction of sp³-hybridized carbons (Fsp3) is 0.786. The van der Waals surface area contributed by atoms with Gasteiger partial charge in [0.2, 0.25) is 0 Å². The minimum absolute atomic E-state index is 0.0679. The Hall–Kier alpha value is -0.560. The van der Waals surface area contributed by atoms with Gasteiger partial charge in [0.1, 0.15) is 0 Å². The van der Waals surface area contributed by atoms with E-state index < -0.39 is 0 Å². The number of aliphatic hydroxyl groups is 2. The van der Waals surface area contributed by atoms with Gasteiger partial charge in [-0.2, -0.15) is 0 Å². The zero-order valence-corrected chi connectivity index (χ0v) is 10.7. The zero-order chi connectivity index (χ0) is 12.4. The quantitative estimate of drug-likeness (QED) is 0.469. The molecule has 0 aromatic carbocycles. The van der Waals surface area contributed by atoms with Crippen molar-refractivity contribution in [3.8, 4) is 0 Å². The third-order valence-corrected chi connectivity index (χ3v) is 3.06. The Balaban J connectivity index is 3.91. The summed E-state index contributed by atoms with van der Waals surface area (Å²) in [6.45, 7) is 7.83. The van der Waals surface area contributed by atoms with Gasteiger partial charge in [0, 0.05) is 5.92 Å². The van der Waals surface area contributed by atoms with Gasteiger partial charge < -0.3 is 10.2 Å². The first kappa shape index (κ1) is 15.4. The second-order valence-corrected chi connectivity index (χ2v) is 4.58. The molecule has 2 N–H and O–H groups in total. The van der Waals surface area contributed by atoms with Crippen molar-refractivity contribution in [1.82, 2.24) is 0 Å². The molecule has 0 aliphatic heterocycles. The van der Waals surface area contributed by atoms with Crippen molar-refractivity contribution in [2.24, 2.45) is 11.8 Å². The summed E-state index contributed by atoms with van der Waals surface area (Å²) in [7, 11) is 0. The summed E-state index contributed by atoms with van der Waals surface area (Å²) < 4.78 is 0. The van der Waals surface area contributed by atoms with Gasteiger partial charge in [-0.15, -0.1) is 5.73 Å². The fourth-order valence-electron chi connectivity index (χ4n) is 1.90. The van der Waals surface area contributed by atoms with E-state index in [1.165, 1.54) is 12.8 Å². The molecule has 0 rings (SSSR count). The summed E-state index contributed by atoms with van der Waals surface area (Å²) in [4.78, 5) is 0. The number of unbranched alkanes of at least 4 members (excludes halogenated alkanes) is 2. The molecule has 0 bridgehead atoms. The maximum Gasteiger partial charge on any atom is 0.0543 e. The highest BCUT2D eigenvalue weighted by Crippen LogP contribution is 2.20. The summed E-state index contributed by atoms with van der Waals surface area (Å²) in [5.41, 5.74) is 2.71.